The molecule has 0 N–H and O–H groups in total. The molecule has 0 aromatic heterocycles. The summed E-state index contributed by atoms with van der Waals surface area (Å²) in [5.41, 5.74) is 6.02. The fourth-order valence-corrected chi connectivity index (χ4v) is 5.60. The lowest BCUT2D eigenvalue weighted by Crippen LogP contribution is -2.30. The summed E-state index contributed by atoms with van der Waals surface area (Å²) in [7, 11) is -0.411. The van der Waals surface area contributed by atoms with Gasteiger partial charge in [0.2, 0.25) is 0 Å². The zero-order valence-corrected chi connectivity index (χ0v) is 14.2. The highest BCUT2D eigenvalue weighted by atomic mass is 28.2. The van der Waals surface area contributed by atoms with E-state index in [4.69, 9.17) is 0 Å². The van der Waals surface area contributed by atoms with Crippen LogP contribution in [0.4, 0.5) is 0 Å². The van der Waals surface area contributed by atoms with E-state index >= 15 is 0 Å². The lowest BCUT2D eigenvalue weighted by molar-refractivity contribution is 1.02. The largest absolute Gasteiger partial charge is 0.0886 e. The highest BCUT2D eigenvalue weighted by Crippen LogP contribution is 2.29. The first kappa shape index (κ1) is 12.8. The quantitative estimate of drug-likeness (QED) is 0.636. The van der Waals surface area contributed by atoms with Crippen LogP contribution >= 0.6 is 0 Å². The Labute approximate surface area is 128 Å². The molecule has 0 saturated heterocycles. The summed E-state index contributed by atoms with van der Waals surface area (Å²) in [6.07, 6.45) is 2.45. The van der Waals surface area contributed by atoms with Crippen LogP contribution in [0.1, 0.15) is 22.3 Å². The normalized spacial score (nSPS) is 13.6. The van der Waals surface area contributed by atoms with Crippen molar-refractivity contribution in [3.05, 3.63) is 70.8 Å². The fraction of sp³-hybridized carbons (Fsp3) is 0.200. The smallest absolute Gasteiger partial charge is 0.0630 e. The van der Waals surface area contributed by atoms with Crippen molar-refractivity contribution in [2.75, 3.05) is 0 Å². The Balaban J connectivity index is 1.87. The molecular weight excluding hydrogens is 268 g/mol. The van der Waals surface area contributed by atoms with E-state index in [0.29, 0.717) is 0 Å². The molecule has 0 spiro atoms. The van der Waals surface area contributed by atoms with E-state index < -0.39 is 9.52 Å². The SMILES string of the molecule is Cc1cccc([SiH2]c2ccc3c4c(cccc24)CC3)c1C. The molecule has 4 rings (SSSR count). The van der Waals surface area contributed by atoms with Crippen molar-refractivity contribution in [1.29, 1.82) is 0 Å². The monoisotopic (exact) mass is 288 g/mol. The molecule has 3 aromatic rings. The summed E-state index contributed by atoms with van der Waals surface area (Å²) < 4.78 is 0. The van der Waals surface area contributed by atoms with E-state index in [9.17, 15) is 0 Å². The Bertz CT molecular complexity index is 836. The Kier molecular flexibility index (Phi) is 2.97. The van der Waals surface area contributed by atoms with E-state index in [2.05, 4.69) is 62.4 Å². The first-order valence-electron chi connectivity index (χ1n) is 7.81. The highest BCUT2D eigenvalue weighted by molar-refractivity contribution is 6.70. The van der Waals surface area contributed by atoms with E-state index in [-0.39, 0.29) is 0 Å². The maximum absolute atomic E-state index is 2.40. The lowest BCUT2D eigenvalue weighted by atomic mass is 10.1. The molecule has 0 bridgehead atoms. The number of aryl methyl sites for hydroxylation is 3. The molecule has 1 heteroatoms. The summed E-state index contributed by atoms with van der Waals surface area (Å²) >= 11 is 0. The molecule has 0 fully saturated rings. The van der Waals surface area contributed by atoms with Crippen molar-refractivity contribution in [1.82, 2.24) is 0 Å². The van der Waals surface area contributed by atoms with E-state index in [1.807, 2.05) is 0 Å². The van der Waals surface area contributed by atoms with Crippen LogP contribution in [0.2, 0.25) is 0 Å². The van der Waals surface area contributed by atoms with Crippen molar-refractivity contribution in [3.8, 4) is 0 Å². The molecule has 104 valence electrons. The van der Waals surface area contributed by atoms with Crippen molar-refractivity contribution >= 4 is 30.7 Å². The second-order valence-electron chi connectivity index (χ2n) is 6.26. The molecule has 0 saturated carbocycles. The van der Waals surface area contributed by atoms with Gasteiger partial charge in [0.1, 0.15) is 0 Å². The minimum atomic E-state index is -0.411. The molecule has 1 aliphatic carbocycles. The molecule has 0 aliphatic heterocycles. The standard InChI is InChI=1S/C20H20Si/c1-13-5-3-8-18(14(13)2)21-19-12-11-16-10-9-15-6-4-7-17(19)20(15)16/h3-8,11-12H,9-10,21H2,1-2H3. The number of rotatable bonds is 2. The van der Waals surface area contributed by atoms with Crippen molar-refractivity contribution < 1.29 is 0 Å². The first-order chi connectivity index (χ1) is 10.2. The van der Waals surface area contributed by atoms with Gasteiger partial charge in [-0.15, -0.1) is 0 Å². The summed E-state index contributed by atoms with van der Waals surface area (Å²) in [4.78, 5) is 0. The van der Waals surface area contributed by atoms with Crippen LogP contribution in [0.25, 0.3) is 10.8 Å². The fourth-order valence-electron chi connectivity index (χ4n) is 3.67. The maximum atomic E-state index is 2.40. The minimum absolute atomic E-state index is 0.411. The van der Waals surface area contributed by atoms with Crippen LogP contribution in [0.5, 0.6) is 0 Å². The Hall–Kier alpha value is -1.86. The number of benzene rings is 3. The van der Waals surface area contributed by atoms with Gasteiger partial charge >= 0.3 is 0 Å². The Morgan fingerprint density at radius 2 is 1.52 bits per heavy atom. The van der Waals surface area contributed by atoms with Crippen LogP contribution in [0.15, 0.2) is 48.5 Å². The summed E-state index contributed by atoms with van der Waals surface area (Å²) in [6.45, 7) is 4.50. The average Bonchev–Trinajstić information content (AvgIpc) is 2.92. The van der Waals surface area contributed by atoms with Gasteiger partial charge in [-0.1, -0.05) is 58.9 Å². The molecule has 3 aromatic carbocycles. The van der Waals surface area contributed by atoms with Crippen LogP contribution in [0, 0.1) is 13.8 Å². The van der Waals surface area contributed by atoms with Gasteiger partial charge in [-0.2, -0.15) is 0 Å². The van der Waals surface area contributed by atoms with E-state index in [0.717, 1.165) is 0 Å². The second kappa shape index (κ2) is 4.85. The average molecular weight is 288 g/mol. The molecule has 1 aliphatic rings. The third-order valence-electron chi connectivity index (χ3n) is 5.06. The van der Waals surface area contributed by atoms with Gasteiger partial charge in [-0.05, 0) is 59.7 Å². The molecule has 0 atom stereocenters. The van der Waals surface area contributed by atoms with Crippen LogP contribution in [-0.2, 0) is 12.8 Å². The van der Waals surface area contributed by atoms with Crippen molar-refractivity contribution in [2.45, 2.75) is 26.7 Å². The van der Waals surface area contributed by atoms with Gasteiger partial charge in [0.25, 0.3) is 0 Å². The Morgan fingerprint density at radius 1 is 0.762 bits per heavy atom. The summed E-state index contributed by atoms with van der Waals surface area (Å²) in [5.74, 6) is 0. The van der Waals surface area contributed by atoms with Crippen molar-refractivity contribution in [2.24, 2.45) is 0 Å². The molecule has 0 heterocycles. The second-order valence-corrected chi connectivity index (χ2v) is 8.14. The zero-order valence-electron chi connectivity index (χ0n) is 12.7. The zero-order chi connectivity index (χ0) is 14.4. The predicted molar refractivity (Wildman–Crippen MR) is 95.1 cm³/mol. The molecular formula is C20H20Si. The molecule has 0 radical (unpaired) electrons. The van der Waals surface area contributed by atoms with Gasteiger partial charge < -0.3 is 0 Å². The molecule has 0 unspecified atom stereocenters. The van der Waals surface area contributed by atoms with Gasteiger partial charge in [-0.3, -0.25) is 0 Å². The number of hydrogen-bond acceptors (Lipinski definition) is 0. The van der Waals surface area contributed by atoms with E-state index in [1.165, 1.54) is 29.4 Å². The topological polar surface area (TPSA) is 0 Å². The van der Waals surface area contributed by atoms with Gasteiger partial charge in [0.15, 0.2) is 0 Å². The number of hydrogen-bond donors (Lipinski definition) is 0. The Morgan fingerprint density at radius 3 is 2.38 bits per heavy atom. The van der Waals surface area contributed by atoms with Crippen LogP contribution in [0.3, 0.4) is 0 Å². The summed E-state index contributed by atoms with van der Waals surface area (Å²) in [5, 5.41) is 6.28. The van der Waals surface area contributed by atoms with Gasteiger partial charge in [-0.25, -0.2) is 0 Å². The van der Waals surface area contributed by atoms with Crippen molar-refractivity contribution in [3.63, 3.8) is 0 Å². The molecule has 0 amide bonds. The van der Waals surface area contributed by atoms with E-state index in [1.54, 1.807) is 26.9 Å². The third kappa shape index (κ3) is 2.04. The van der Waals surface area contributed by atoms with Gasteiger partial charge in [0.05, 0.1) is 9.52 Å². The summed E-state index contributed by atoms with van der Waals surface area (Å²) in [6, 6.07) is 18.4. The minimum Gasteiger partial charge on any atom is -0.0630 e. The van der Waals surface area contributed by atoms with Crippen LogP contribution in [-0.4, -0.2) is 9.52 Å². The lowest BCUT2D eigenvalue weighted by Gasteiger charge is -2.12. The van der Waals surface area contributed by atoms with Gasteiger partial charge in [0, 0.05) is 0 Å². The molecule has 21 heavy (non-hydrogen) atoms. The highest BCUT2D eigenvalue weighted by Gasteiger charge is 2.16. The first-order valence-corrected chi connectivity index (χ1v) is 9.23. The van der Waals surface area contributed by atoms with Crippen LogP contribution < -0.4 is 10.4 Å². The molecule has 0 nitrogen and oxygen atoms in total. The maximum Gasteiger partial charge on any atom is 0.0886 e. The third-order valence-corrected chi connectivity index (χ3v) is 7.21. The predicted octanol–water partition coefficient (Wildman–Crippen LogP) is 2.67.